The normalized spacial score (nSPS) is 20.7. The molecule has 1 unspecified atom stereocenters. The van der Waals surface area contributed by atoms with E-state index in [0.29, 0.717) is 12.2 Å². The maximum absolute atomic E-state index is 12.4. The average Bonchev–Trinajstić information content (AvgIpc) is 2.54. The van der Waals surface area contributed by atoms with Crippen LogP contribution < -0.4 is 5.73 Å². The SMILES string of the molecule is C=C(N)/C=C1/CN(C(=O)/C=C/C(C)/C=C\C=N/C)CC/C1=C/CC. The number of rotatable bonds is 6. The number of carbonyl (C=O) groups is 1. The molecule has 1 fully saturated rings. The molecule has 0 aromatic rings. The third-order valence-corrected chi connectivity index (χ3v) is 3.74. The number of carbonyl (C=O) groups excluding carboxylic acids is 1. The summed E-state index contributed by atoms with van der Waals surface area (Å²) in [7, 11) is 1.73. The predicted octanol–water partition coefficient (Wildman–Crippen LogP) is 3.40. The quantitative estimate of drug-likeness (QED) is 0.600. The molecule has 0 radical (unpaired) electrons. The molecule has 0 bridgehead atoms. The summed E-state index contributed by atoms with van der Waals surface area (Å²) in [6.07, 6.45) is 15.1. The largest absolute Gasteiger partial charge is 0.399 e. The molecule has 1 aliphatic rings. The van der Waals surface area contributed by atoms with Crippen LogP contribution in [0.1, 0.15) is 26.7 Å². The van der Waals surface area contributed by atoms with Crippen molar-refractivity contribution in [2.45, 2.75) is 26.7 Å². The molecule has 130 valence electrons. The Bertz CT molecular complexity index is 594. The summed E-state index contributed by atoms with van der Waals surface area (Å²) in [4.78, 5) is 18.2. The first-order valence-electron chi connectivity index (χ1n) is 8.38. The van der Waals surface area contributed by atoms with E-state index in [2.05, 4.69) is 24.6 Å². The van der Waals surface area contributed by atoms with Crippen molar-refractivity contribution in [1.82, 2.24) is 4.90 Å². The Balaban J connectivity index is 2.75. The van der Waals surface area contributed by atoms with Gasteiger partial charge in [0, 0.05) is 32.0 Å². The molecule has 0 spiro atoms. The Hall–Kier alpha value is -2.36. The Morgan fingerprint density at radius 2 is 2.17 bits per heavy atom. The second kappa shape index (κ2) is 10.4. The van der Waals surface area contributed by atoms with Gasteiger partial charge in [-0.2, -0.15) is 0 Å². The lowest BCUT2D eigenvalue weighted by Crippen LogP contribution is -2.36. The van der Waals surface area contributed by atoms with Crippen molar-refractivity contribution < 1.29 is 4.79 Å². The number of allylic oxidation sites excluding steroid dienone is 5. The topological polar surface area (TPSA) is 58.7 Å². The summed E-state index contributed by atoms with van der Waals surface area (Å²) in [5, 5.41) is 0. The molecular weight excluding hydrogens is 298 g/mol. The molecule has 1 saturated heterocycles. The maximum atomic E-state index is 12.4. The fourth-order valence-corrected chi connectivity index (χ4v) is 2.55. The highest BCUT2D eigenvalue weighted by Gasteiger charge is 2.21. The lowest BCUT2D eigenvalue weighted by Gasteiger charge is -2.30. The highest BCUT2D eigenvalue weighted by atomic mass is 16.2. The Morgan fingerprint density at radius 1 is 1.42 bits per heavy atom. The van der Waals surface area contributed by atoms with Gasteiger partial charge in [-0.15, -0.1) is 0 Å². The van der Waals surface area contributed by atoms with Gasteiger partial charge in [0.2, 0.25) is 5.91 Å². The number of nitrogens with zero attached hydrogens (tertiary/aromatic N) is 2. The van der Waals surface area contributed by atoms with E-state index < -0.39 is 0 Å². The predicted molar refractivity (Wildman–Crippen MR) is 103 cm³/mol. The Kier molecular flexibility index (Phi) is 8.55. The van der Waals surface area contributed by atoms with Crippen LogP contribution >= 0.6 is 0 Å². The van der Waals surface area contributed by atoms with Gasteiger partial charge in [-0.05, 0) is 48.1 Å². The van der Waals surface area contributed by atoms with Crippen LogP contribution in [0.5, 0.6) is 0 Å². The summed E-state index contributed by atoms with van der Waals surface area (Å²) < 4.78 is 0. The zero-order valence-corrected chi connectivity index (χ0v) is 15.0. The molecule has 4 heteroatoms. The molecule has 1 atom stereocenters. The minimum Gasteiger partial charge on any atom is -0.399 e. The summed E-state index contributed by atoms with van der Waals surface area (Å²) in [5.74, 6) is 0.217. The van der Waals surface area contributed by atoms with Crippen LogP contribution in [0.2, 0.25) is 0 Å². The van der Waals surface area contributed by atoms with Gasteiger partial charge < -0.3 is 10.6 Å². The zero-order valence-electron chi connectivity index (χ0n) is 15.0. The van der Waals surface area contributed by atoms with Crippen LogP contribution in [-0.2, 0) is 4.79 Å². The second-order valence-electron chi connectivity index (χ2n) is 5.90. The van der Waals surface area contributed by atoms with E-state index >= 15 is 0 Å². The average molecular weight is 327 g/mol. The maximum Gasteiger partial charge on any atom is 0.246 e. The minimum absolute atomic E-state index is 0.0310. The zero-order chi connectivity index (χ0) is 17.9. The van der Waals surface area contributed by atoms with E-state index in [1.54, 1.807) is 19.3 Å². The molecule has 1 amide bonds. The van der Waals surface area contributed by atoms with E-state index in [1.165, 1.54) is 5.57 Å². The van der Waals surface area contributed by atoms with E-state index in [9.17, 15) is 4.79 Å². The van der Waals surface area contributed by atoms with Crippen molar-refractivity contribution in [3.63, 3.8) is 0 Å². The van der Waals surface area contributed by atoms with Crippen molar-refractivity contribution in [3.05, 3.63) is 59.9 Å². The summed E-state index contributed by atoms with van der Waals surface area (Å²) in [6.45, 7) is 9.21. The Morgan fingerprint density at radius 3 is 2.79 bits per heavy atom. The van der Waals surface area contributed by atoms with Crippen molar-refractivity contribution in [2.24, 2.45) is 16.6 Å². The summed E-state index contributed by atoms with van der Waals surface area (Å²) >= 11 is 0. The third-order valence-electron chi connectivity index (χ3n) is 3.74. The second-order valence-corrected chi connectivity index (χ2v) is 5.90. The molecular formula is C20H29N3O. The smallest absolute Gasteiger partial charge is 0.246 e. The van der Waals surface area contributed by atoms with Crippen LogP contribution in [0.3, 0.4) is 0 Å². The number of aliphatic imine (C=N–C) groups is 1. The van der Waals surface area contributed by atoms with Gasteiger partial charge in [0.05, 0.1) is 0 Å². The van der Waals surface area contributed by atoms with Gasteiger partial charge in [0.1, 0.15) is 0 Å². The highest BCUT2D eigenvalue weighted by molar-refractivity contribution is 5.88. The lowest BCUT2D eigenvalue weighted by atomic mass is 9.95. The molecule has 0 saturated carbocycles. The number of hydrogen-bond acceptors (Lipinski definition) is 3. The first-order valence-corrected chi connectivity index (χ1v) is 8.38. The molecule has 0 aromatic heterocycles. The van der Waals surface area contributed by atoms with Crippen LogP contribution in [0.25, 0.3) is 0 Å². The fourth-order valence-electron chi connectivity index (χ4n) is 2.55. The molecule has 0 aromatic carbocycles. The highest BCUT2D eigenvalue weighted by Crippen LogP contribution is 2.23. The van der Waals surface area contributed by atoms with Gasteiger partial charge in [0.25, 0.3) is 0 Å². The van der Waals surface area contributed by atoms with Gasteiger partial charge in [-0.25, -0.2) is 0 Å². The van der Waals surface area contributed by atoms with Crippen LogP contribution in [0.4, 0.5) is 0 Å². The summed E-state index contributed by atoms with van der Waals surface area (Å²) in [5.41, 5.74) is 8.61. The number of hydrogen-bond donors (Lipinski definition) is 1. The standard InChI is InChI=1S/C20H29N3O/c1-5-7-18-11-13-23(15-19(18)14-17(3)21)20(24)10-9-16(2)8-6-12-22-4/h6-10,12,14,16H,3,5,11,13,15,21H2,1-2,4H3/b8-6-,10-9+,18-7-,19-14-,22-12-. The van der Waals surface area contributed by atoms with E-state index in [-0.39, 0.29) is 11.8 Å². The van der Waals surface area contributed by atoms with Crippen LogP contribution in [0.15, 0.2) is 64.9 Å². The lowest BCUT2D eigenvalue weighted by molar-refractivity contribution is -0.125. The number of amides is 1. The van der Waals surface area contributed by atoms with E-state index in [1.807, 2.05) is 36.1 Å². The molecule has 1 rings (SSSR count). The van der Waals surface area contributed by atoms with Gasteiger partial charge >= 0.3 is 0 Å². The van der Waals surface area contributed by atoms with Gasteiger partial charge in [0.15, 0.2) is 0 Å². The summed E-state index contributed by atoms with van der Waals surface area (Å²) in [6, 6.07) is 0. The molecule has 0 aliphatic carbocycles. The van der Waals surface area contributed by atoms with E-state index in [0.717, 1.165) is 25.0 Å². The van der Waals surface area contributed by atoms with Crippen LogP contribution in [-0.4, -0.2) is 37.2 Å². The first-order chi connectivity index (χ1) is 11.5. The van der Waals surface area contributed by atoms with Crippen molar-refractivity contribution >= 4 is 12.1 Å². The Labute approximate surface area is 145 Å². The van der Waals surface area contributed by atoms with Crippen molar-refractivity contribution in [2.75, 3.05) is 20.1 Å². The minimum atomic E-state index is 0.0310. The molecule has 24 heavy (non-hydrogen) atoms. The van der Waals surface area contributed by atoms with E-state index in [4.69, 9.17) is 5.73 Å². The van der Waals surface area contributed by atoms with Crippen LogP contribution in [0, 0.1) is 5.92 Å². The number of likely N-dealkylation sites (tertiary alicyclic amines) is 1. The van der Waals surface area contributed by atoms with Gasteiger partial charge in [-0.3, -0.25) is 9.79 Å². The molecule has 1 heterocycles. The number of piperidine rings is 1. The fraction of sp³-hybridized carbons (Fsp3) is 0.400. The first kappa shape index (κ1) is 19.7. The molecule has 4 nitrogen and oxygen atoms in total. The van der Waals surface area contributed by atoms with Gasteiger partial charge in [-0.1, -0.05) is 38.7 Å². The monoisotopic (exact) mass is 327 g/mol. The van der Waals surface area contributed by atoms with Crippen molar-refractivity contribution in [1.29, 1.82) is 0 Å². The number of nitrogens with two attached hydrogens (primary N) is 1. The molecule has 1 aliphatic heterocycles. The van der Waals surface area contributed by atoms with Crippen molar-refractivity contribution in [3.8, 4) is 0 Å². The molecule has 2 N–H and O–H groups in total. The third kappa shape index (κ3) is 6.82.